The average molecular weight is 490 g/mol. The van der Waals surface area contributed by atoms with Crippen molar-refractivity contribution in [1.82, 2.24) is 15.5 Å². The number of nitrogens with zero attached hydrogens (tertiary/aromatic N) is 1. The van der Waals surface area contributed by atoms with Crippen molar-refractivity contribution in [3.05, 3.63) is 35.9 Å². The van der Waals surface area contributed by atoms with E-state index in [4.69, 9.17) is 11.5 Å². The maximum atomic E-state index is 13.5. The zero-order chi connectivity index (χ0) is 26.1. The molecule has 0 spiro atoms. The van der Waals surface area contributed by atoms with Gasteiger partial charge in [0.25, 0.3) is 0 Å². The van der Waals surface area contributed by atoms with Crippen molar-refractivity contribution < 1.29 is 29.1 Å². The molecule has 4 unspecified atom stereocenters. The molecule has 1 fully saturated rings. The lowest BCUT2D eigenvalue weighted by molar-refractivity contribution is -0.145. The quantitative estimate of drug-likeness (QED) is 0.262. The average Bonchev–Trinajstić information content (AvgIpc) is 3.30. The van der Waals surface area contributed by atoms with Crippen LogP contribution in [0.15, 0.2) is 30.3 Å². The molecule has 0 aliphatic carbocycles. The highest BCUT2D eigenvalue weighted by Crippen LogP contribution is 2.20. The topological polar surface area (TPSA) is 185 Å². The number of nitrogens with one attached hydrogen (secondary N) is 2. The zero-order valence-electron chi connectivity index (χ0n) is 20.1. The van der Waals surface area contributed by atoms with E-state index in [1.54, 1.807) is 13.8 Å². The van der Waals surface area contributed by atoms with Gasteiger partial charge in [-0.2, -0.15) is 0 Å². The van der Waals surface area contributed by atoms with E-state index < -0.39 is 53.8 Å². The summed E-state index contributed by atoms with van der Waals surface area (Å²) in [6.07, 6.45) is 0.734. The van der Waals surface area contributed by atoms with Crippen LogP contribution in [0, 0.1) is 5.92 Å². The fourth-order valence-corrected chi connectivity index (χ4v) is 3.94. The van der Waals surface area contributed by atoms with E-state index >= 15 is 0 Å². The fraction of sp³-hybridized carbons (Fsp3) is 0.542. The number of hydrogen-bond acceptors (Lipinski definition) is 6. The third-order valence-corrected chi connectivity index (χ3v) is 6.05. The molecule has 0 aromatic heterocycles. The van der Waals surface area contributed by atoms with Crippen LogP contribution in [0.2, 0.25) is 0 Å². The summed E-state index contributed by atoms with van der Waals surface area (Å²) >= 11 is 0. The van der Waals surface area contributed by atoms with Gasteiger partial charge in [-0.05, 0) is 30.7 Å². The lowest BCUT2D eigenvalue weighted by Gasteiger charge is -2.30. The fourth-order valence-electron chi connectivity index (χ4n) is 3.94. The van der Waals surface area contributed by atoms with Crippen molar-refractivity contribution in [3.63, 3.8) is 0 Å². The summed E-state index contributed by atoms with van der Waals surface area (Å²) in [6.45, 7) is 3.89. The SMILES string of the molecule is CC(C)C(N)C(=O)NC(Cc1ccccc1)C(=O)N1CCCC1C(=O)NC(CCC(N)=O)C(=O)O. The predicted octanol–water partition coefficient (Wildman–Crippen LogP) is -0.477. The Morgan fingerprint density at radius 3 is 2.31 bits per heavy atom. The molecule has 1 aliphatic rings. The van der Waals surface area contributed by atoms with Gasteiger partial charge in [-0.25, -0.2) is 4.79 Å². The number of likely N-dealkylation sites (tertiary alicyclic amines) is 1. The first kappa shape index (κ1) is 27.8. The van der Waals surface area contributed by atoms with Crippen molar-refractivity contribution >= 4 is 29.6 Å². The number of carbonyl (C=O) groups is 5. The molecule has 4 amide bonds. The molecule has 11 nitrogen and oxygen atoms in total. The van der Waals surface area contributed by atoms with Crippen molar-refractivity contribution in [1.29, 1.82) is 0 Å². The van der Waals surface area contributed by atoms with Gasteiger partial charge in [-0.15, -0.1) is 0 Å². The molecule has 11 heteroatoms. The van der Waals surface area contributed by atoms with Gasteiger partial charge in [0.05, 0.1) is 6.04 Å². The number of carboxylic acid groups (broad SMARTS) is 1. The van der Waals surface area contributed by atoms with Gasteiger partial charge in [-0.1, -0.05) is 44.2 Å². The number of primary amides is 1. The minimum atomic E-state index is -1.31. The highest BCUT2D eigenvalue weighted by Gasteiger charge is 2.39. The third kappa shape index (κ3) is 8.06. The van der Waals surface area contributed by atoms with E-state index in [9.17, 15) is 29.1 Å². The van der Waals surface area contributed by atoms with Crippen LogP contribution in [0.3, 0.4) is 0 Å². The Morgan fingerprint density at radius 2 is 1.74 bits per heavy atom. The molecule has 0 bridgehead atoms. The Balaban J connectivity index is 2.19. The van der Waals surface area contributed by atoms with Gasteiger partial charge < -0.3 is 32.1 Å². The van der Waals surface area contributed by atoms with Crippen LogP contribution in [0.4, 0.5) is 0 Å². The van der Waals surface area contributed by atoms with E-state index in [2.05, 4.69) is 10.6 Å². The molecule has 7 N–H and O–H groups in total. The zero-order valence-corrected chi connectivity index (χ0v) is 20.1. The third-order valence-electron chi connectivity index (χ3n) is 6.05. The van der Waals surface area contributed by atoms with Crippen LogP contribution >= 0.6 is 0 Å². The molecule has 1 saturated heterocycles. The summed E-state index contributed by atoms with van der Waals surface area (Å²) in [4.78, 5) is 63.1. The van der Waals surface area contributed by atoms with E-state index in [1.165, 1.54) is 4.90 Å². The molecule has 0 saturated carbocycles. The molecule has 2 rings (SSSR count). The first-order valence-corrected chi connectivity index (χ1v) is 11.7. The maximum Gasteiger partial charge on any atom is 0.326 e. The standard InChI is InChI=1S/C24H35N5O6/c1-14(2)20(26)22(32)28-17(13-15-7-4-3-5-8-15)23(33)29-12-6-9-18(29)21(31)27-16(24(34)35)10-11-19(25)30/h3-5,7-8,14,16-18,20H,6,9-13,26H2,1-2H3,(H2,25,30)(H,27,31)(H,28,32)(H,34,35). The molecule has 0 radical (unpaired) electrons. The van der Waals surface area contributed by atoms with Crippen molar-refractivity contribution in [2.24, 2.45) is 17.4 Å². The number of benzene rings is 1. The second-order valence-electron chi connectivity index (χ2n) is 9.11. The Kier molecular flexibility index (Phi) is 10.2. The number of carbonyl (C=O) groups excluding carboxylic acids is 4. The van der Waals surface area contributed by atoms with Crippen LogP contribution < -0.4 is 22.1 Å². The van der Waals surface area contributed by atoms with Crippen molar-refractivity contribution in [2.75, 3.05) is 6.54 Å². The summed E-state index contributed by atoms with van der Waals surface area (Å²) in [6, 6.07) is 5.19. The lowest BCUT2D eigenvalue weighted by atomic mass is 10.0. The summed E-state index contributed by atoms with van der Waals surface area (Å²) in [7, 11) is 0. The number of carboxylic acids is 1. The van der Waals surface area contributed by atoms with Gasteiger partial charge in [0.2, 0.25) is 23.6 Å². The van der Waals surface area contributed by atoms with Crippen LogP contribution in [0.5, 0.6) is 0 Å². The number of hydrogen-bond donors (Lipinski definition) is 5. The Labute approximate surface area is 204 Å². The second-order valence-corrected chi connectivity index (χ2v) is 9.11. The first-order valence-electron chi connectivity index (χ1n) is 11.7. The van der Waals surface area contributed by atoms with Crippen molar-refractivity contribution in [2.45, 2.75) is 70.1 Å². The number of nitrogens with two attached hydrogens (primary N) is 2. The monoisotopic (exact) mass is 489 g/mol. The molecule has 1 aromatic rings. The Morgan fingerprint density at radius 1 is 1.09 bits per heavy atom. The second kappa shape index (κ2) is 12.8. The lowest BCUT2D eigenvalue weighted by Crippen LogP contribution is -2.57. The van der Waals surface area contributed by atoms with Crippen LogP contribution in [-0.2, 0) is 30.4 Å². The molecule has 1 aliphatic heterocycles. The van der Waals surface area contributed by atoms with Crippen LogP contribution in [0.25, 0.3) is 0 Å². The molecular weight excluding hydrogens is 454 g/mol. The summed E-state index contributed by atoms with van der Waals surface area (Å²) in [5.74, 6) is -3.65. The van der Waals surface area contributed by atoms with Gasteiger partial charge in [-0.3, -0.25) is 19.2 Å². The van der Waals surface area contributed by atoms with E-state index in [1.807, 2.05) is 30.3 Å². The van der Waals surface area contributed by atoms with Gasteiger partial charge >= 0.3 is 5.97 Å². The summed E-state index contributed by atoms with van der Waals surface area (Å²) < 4.78 is 0. The van der Waals surface area contributed by atoms with Crippen molar-refractivity contribution in [3.8, 4) is 0 Å². The van der Waals surface area contributed by atoms with Crippen LogP contribution in [-0.4, -0.2) is 70.3 Å². The van der Waals surface area contributed by atoms with Gasteiger partial charge in [0.1, 0.15) is 18.1 Å². The number of amides is 4. The first-order chi connectivity index (χ1) is 16.5. The van der Waals surface area contributed by atoms with Gasteiger partial charge in [0.15, 0.2) is 0 Å². The van der Waals surface area contributed by atoms with Gasteiger partial charge in [0, 0.05) is 19.4 Å². The molecule has 1 aromatic carbocycles. The normalized spacial score (nSPS) is 17.9. The largest absolute Gasteiger partial charge is 0.480 e. The molecule has 1 heterocycles. The Bertz CT molecular complexity index is 922. The Hall–Kier alpha value is -3.47. The minimum absolute atomic E-state index is 0.138. The molecule has 192 valence electrons. The smallest absolute Gasteiger partial charge is 0.326 e. The predicted molar refractivity (Wildman–Crippen MR) is 128 cm³/mol. The maximum absolute atomic E-state index is 13.5. The molecule has 35 heavy (non-hydrogen) atoms. The highest BCUT2D eigenvalue weighted by molar-refractivity contribution is 5.94. The number of aliphatic carboxylic acids is 1. The van der Waals surface area contributed by atoms with E-state index in [-0.39, 0.29) is 31.7 Å². The number of rotatable bonds is 12. The summed E-state index contributed by atoms with van der Waals surface area (Å²) in [5, 5.41) is 14.6. The van der Waals surface area contributed by atoms with E-state index in [0.29, 0.717) is 12.8 Å². The highest BCUT2D eigenvalue weighted by atomic mass is 16.4. The van der Waals surface area contributed by atoms with E-state index in [0.717, 1.165) is 5.56 Å². The molecular formula is C24H35N5O6. The molecule has 4 atom stereocenters. The minimum Gasteiger partial charge on any atom is -0.480 e. The van der Waals surface area contributed by atoms with Crippen LogP contribution in [0.1, 0.15) is 45.1 Å². The summed E-state index contributed by atoms with van der Waals surface area (Å²) in [5.41, 5.74) is 11.9.